The molecule has 0 radical (unpaired) electrons. The molecule has 0 saturated heterocycles. The van der Waals surface area contributed by atoms with Crippen LogP contribution in [0.15, 0.2) is 48.8 Å². The van der Waals surface area contributed by atoms with E-state index in [1.165, 1.54) is 0 Å². The molecule has 2 aromatic rings. The number of benzene rings is 1. The van der Waals surface area contributed by atoms with E-state index >= 15 is 0 Å². The van der Waals surface area contributed by atoms with Crippen molar-refractivity contribution in [3.63, 3.8) is 0 Å². The Labute approximate surface area is 129 Å². The minimum absolute atomic E-state index is 0.234. The molecule has 1 aromatic carbocycles. The number of pyridine rings is 1. The van der Waals surface area contributed by atoms with Crippen molar-refractivity contribution >= 4 is 5.97 Å². The predicted octanol–water partition coefficient (Wildman–Crippen LogP) is 2.99. The van der Waals surface area contributed by atoms with Crippen molar-refractivity contribution in [3.05, 3.63) is 54.4 Å². The molecule has 5 nitrogen and oxygen atoms in total. The van der Waals surface area contributed by atoms with Crippen molar-refractivity contribution in [2.75, 3.05) is 13.7 Å². The van der Waals surface area contributed by atoms with Gasteiger partial charge in [0, 0.05) is 24.4 Å². The smallest absolute Gasteiger partial charge is 0.306 e. The molecule has 0 aliphatic heterocycles. The van der Waals surface area contributed by atoms with Gasteiger partial charge in [-0.3, -0.25) is 9.78 Å². The third-order valence-corrected chi connectivity index (χ3v) is 2.98. The van der Waals surface area contributed by atoms with Crippen LogP contribution in [0.2, 0.25) is 0 Å². The molecule has 22 heavy (non-hydrogen) atoms. The van der Waals surface area contributed by atoms with Crippen LogP contribution in [0.3, 0.4) is 0 Å². The highest BCUT2D eigenvalue weighted by Gasteiger charge is 2.04. The van der Waals surface area contributed by atoms with E-state index in [9.17, 15) is 4.79 Å². The van der Waals surface area contributed by atoms with Gasteiger partial charge in [0.25, 0.3) is 0 Å². The highest BCUT2D eigenvalue weighted by molar-refractivity contribution is 5.69. The second kappa shape index (κ2) is 8.67. The molecule has 0 N–H and O–H groups in total. The summed E-state index contributed by atoms with van der Waals surface area (Å²) in [4.78, 5) is 15.6. The molecule has 0 amide bonds. The van der Waals surface area contributed by atoms with E-state index < -0.39 is 0 Å². The zero-order valence-corrected chi connectivity index (χ0v) is 12.5. The number of methoxy groups -OCH3 is 1. The molecular formula is C17H19NO4. The number of hydrogen-bond donors (Lipinski definition) is 0. The van der Waals surface area contributed by atoms with Crippen LogP contribution in [0.1, 0.15) is 18.4 Å². The van der Waals surface area contributed by atoms with Gasteiger partial charge in [0.15, 0.2) is 0 Å². The van der Waals surface area contributed by atoms with Crippen molar-refractivity contribution < 1.29 is 19.0 Å². The van der Waals surface area contributed by atoms with Gasteiger partial charge in [0.2, 0.25) is 0 Å². The summed E-state index contributed by atoms with van der Waals surface area (Å²) in [6.45, 7) is 0.723. The van der Waals surface area contributed by atoms with E-state index in [1.54, 1.807) is 19.5 Å². The maximum absolute atomic E-state index is 11.6. The van der Waals surface area contributed by atoms with Crippen LogP contribution in [0.5, 0.6) is 11.5 Å². The third-order valence-electron chi connectivity index (χ3n) is 2.98. The van der Waals surface area contributed by atoms with Gasteiger partial charge in [0.1, 0.15) is 18.1 Å². The molecular weight excluding hydrogens is 282 g/mol. The molecule has 1 aromatic heterocycles. The van der Waals surface area contributed by atoms with Gasteiger partial charge in [-0.2, -0.15) is 0 Å². The minimum Gasteiger partial charge on any atom is -0.497 e. The number of nitrogens with zero attached hydrogens (tertiary/aromatic N) is 1. The van der Waals surface area contributed by atoms with Gasteiger partial charge in [0.05, 0.1) is 13.7 Å². The first-order chi connectivity index (χ1) is 10.8. The Balaban J connectivity index is 1.60. The molecule has 0 spiro atoms. The molecule has 1 heterocycles. The highest BCUT2D eigenvalue weighted by Crippen LogP contribution is 2.17. The zero-order chi connectivity index (χ0) is 15.6. The lowest BCUT2D eigenvalue weighted by molar-refractivity contribution is -0.145. The Kier molecular flexibility index (Phi) is 6.23. The predicted molar refractivity (Wildman–Crippen MR) is 81.8 cm³/mol. The molecule has 2 rings (SSSR count). The first-order valence-electron chi connectivity index (χ1n) is 7.09. The van der Waals surface area contributed by atoms with Crippen molar-refractivity contribution in [3.8, 4) is 11.5 Å². The van der Waals surface area contributed by atoms with Gasteiger partial charge < -0.3 is 14.2 Å². The van der Waals surface area contributed by atoms with Crippen LogP contribution in [0.25, 0.3) is 0 Å². The molecule has 5 heteroatoms. The lowest BCUT2D eigenvalue weighted by Gasteiger charge is -2.07. The number of ether oxygens (including phenoxy) is 3. The summed E-state index contributed by atoms with van der Waals surface area (Å²) in [5.74, 6) is 1.30. The lowest BCUT2D eigenvalue weighted by atomic mass is 10.3. The van der Waals surface area contributed by atoms with E-state index in [0.29, 0.717) is 19.4 Å². The van der Waals surface area contributed by atoms with E-state index in [4.69, 9.17) is 14.2 Å². The standard InChI is InChI=1S/C17H19NO4/c1-20-15-6-8-16(9-7-15)21-11-3-5-17(19)22-13-14-4-2-10-18-12-14/h2,4,6-10,12H,3,5,11,13H2,1H3. The largest absolute Gasteiger partial charge is 0.497 e. The molecule has 0 atom stereocenters. The monoisotopic (exact) mass is 301 g/mol. The Hall–Kier alpha value is -2.56. The second-order valence-corrected chi connectivity index (χ2v) is 4.65. The summed E-state index contributed by atoms with van der Waals surface area (Å²) >= 11 is 0. The van der Waals surface area contributed by atoms with Crippen LogP contribution in [-0.2, 0) is 16.1 Å². The van der Waals surface area contributed by atoms with Crippen molar-refractivity contribution in [1.29, 1.82) is 0 Å². The highest BCUT2D eigenvalue weighted by atomic mass is 16.5. The molecule has 0 aliphatic rings. The number of hydrogen-bond acceptors (Lipinski definition) is 5. The van der Waals surface area contributed by atoms with Crippen LogP contribution < -0.4 is 9.47 Å². The maximum atomic E-state index is 11.6. The van der Waals surface area contributed by atoms with E-state index in [-0.39, 0.29) is 12.6 Å². The SMILES string of the molecule is COc1ccc(OCCCC(=O)OCc2cccnc2)cc1. The topological polar surface area (TPSA) is 57.7 Å². The molecule has 116 valence electrons. The molecule has 0 saturated carbocycles. The van der Waals surface area contributed by atoms with Crippen LogP contribution >= 0.6 is 0 Å². The van der Waals surface area contributed by atoms with E-state index in [0.717, 1.165) is 17.1 Å². The summed E-state index contributed by atoms with van der Waals surface area (Å²) in [5, 5.41) is 0. The fourth-order valence-electron chi connectivity index (χ4n) is 1.80. The van der Waals surface area contributed by atoms with Gasteiger partial charge >= 0.3 is 5.97 Å². The van der Waals surface area contributed by atoms with Crippen molar-refractivity contribution in [1.82, 2.24) is 4.98 Å². The number of carbonyl (C=O) groups excluding carboxylic acids is 1. The zero-order valence-electron chi connectivity index (χ0n) is 12.5. The van der Waals surface area contributed by atoms with Gasteiger partial charge in [-0.15, -0.1) is 0 Å². The average Bonchev–Trinajstić information content (AvgIpc) is 2.58. The van der Waals surface area contributed by atoms with E-state index in [2.05, 4.69) is 4.98 Å². The quantitative estimate of drug-likeness (QED) is 0.554. The first-order valence-corrected chi connectivity index (χ1v) is 7.09. The normalized spacial score (nSPS) is 10.0. The van der Waals surface area contributed by atoms with Gasteiger partial charge in [-0.05, 0) is 36.8 Å². The second-order valence-electron chi connectivity index (χ2n) is 4.65. The average molecular weight is 301 g/mol. The number of carbonyl (C=O) groups is 1. The summed E-state index contributed by atoms with van der Waals surface area (Å²) < 4.78 is 15.8. The summed E-state index contributed by atoms with van der Waals surface area (Å²) in [6.07, 6.45) is 4.30. The van der Waals surface area contributed by atoms with Crippen LogP contribution in [0.4, 0.5) is 0 Å². The van der Waals surface area contributed by atoms with Gasteiger partial charge in [-0.25, -0.2) is 0 Å². The van der Waals surface area contributed by atoms with Crippen molar-refractivity contribution in [2.24, 2.45) is 0 Å². The fraction of sp³-hybridized carbons (Fsp3) is 0.294. The van der Waals surface area contributed by atoms with Gasteiger partial charge in [-0.1, -0.05) is 6.07 Å². The fourth-order valence-corrected chi connectivity index (χ4v) is 1.80. The Bertz CT molecular complexity index is 569. The maximum Gasteiger partial charge on any atom is 0.306 e. The first kappa shape index (κ1) is 15.8. The Morgan fingerprint density at radius 1 is 1.14 bits per heavy atom. The molecule has 0 aliphatic carbocycles. The van der Waals surface area contributed by atoms with Crippen molar-refractivity contribution in [2.45, 2.75) is 19.4 Å². The molecule has 0 fully saturated rings. The Morgan fingerprint density at radius 3 is 2.59 bits per heavy atom. The molecule has 0 unspecified atom stereocenters. The van der Waals surface area contributed by atoms with E-state index in [1.807, 2.05) is 36.4 Å². The van der Waals surface area contributed by atoms with Crippen LogP contribution in [0, 0.1) is 0 Å². The summed E-state index contributed by atoms with van der Waals surface area (Å²) in [5.41, 5.74) is 0.880. The summed E-state index contributed by atoms with van der Waals surface area (Å²) in [6, 6.07) is 11.0. The third kappa shape index (κ3) is 5.44. The Morgan fingerprint density at radius 2 is 1.91 bits per heavy atom. The number of esters is 1. The number of aromatic nitrogens is 1. The summed E-state index contributed by atoms with van der Waals surface area (Å²) in [7, 11) is 1.62. The lowest BCUT2D eigenvalue weighted by Crippen LogP contribution is -2.07. The number of rotatable bonds is 8. The minimum atomic E-state index is -0.234. The molecule has 0 bridgehead atoms. The van der Waals surface area contributed by atoms with Crippen LogP contribution in [-0.4, -0.2) is 24.7 Å².